The zero-order chi connectivity index (χ0) is 16.1. The van der Waals surface area contributed by atoms with Gasteiger partial charge >= 0.3 is 6.03 Å². The van der Waals surface area contributed by atoms with E-state index in [-0.39, 0.29) is 18.0 Å². The molecule has 1 fully saturated rings. The second kappa shape index (κ2) is 7.47. The number of urea groups is 1. The van der Waals surface area contributed by atoms with Crippen LogP contribution in [0.3, 0.4) is 0 Å². The molecule has 7 heteroatoms. The first-order valence-electron chi connectivity index (χ1n) is 7.35. The second-order valence-electron chi connectivity index (χ2n) is 5.74. The van der Waals surface area contributed by atoms with E-state index >= 15 is 0 Å². The molecule has 1 atom stereocenters. The third-order valence-corrected chi connectivity index (χ3v) is 3.76. The van der Waals surface area contributed by atoms with E-state index in [9.17, 15) is 9.59 Å². The maximum absolute atomic E-state index is 12.1. The monoisotopic (exact) mass is 325 g/mol. The van der Waals surface area contributed by atoms with Gasteiger partial charge in [-0.1, -0.05) is 11.6 Å². The van der Waals surface area contributed by atoms with Gasteiger partial charge in [-0.15, -0.1) is 0 Å². The molecule has 0 unspecified atom stereocenters. The minimum Gasteiger partial charge on any atom is -0.338 e. The van der Waals surface area contributed by atoms with Gasteiger partial charge in [-0.05, 0) is 24.3 Å². The Morgan fingerprint density at radius 1 is 1.36 bits per heavy atom. The number of anilines is 1. The highest BCUT2D eigenvalue weighted by Gasteiger charge is 2.31. The summed E-state index contributed by atoms with van der Waals surface area (Å²) in [7, 11) is 4.05. The molecule has 0 radical (unpaired) electrons. The van der Waals surface area contributed by atoms with Crippen molar-refractivity contribution in [3.63, 3.8) is 0 Å². The maximum atomic E-state index is 12.1. The fourth-order valence-corrected chi connectivity index (χ4v) is 2.46. The van der Waals surface area contributed by atoms with Crippen LogP contribution in [0.25, 0.3) is 0 Å². The molecule has 1 aliphatic rings. The van der Waals surface area contributed by atoms with Crippen LogP contribution in [-0.2, 0) is 4.79 Å². The third kappa shape index (κ3) is 4.61. The van der Waals surface area contributed by atoms with Crippen LogP contribution in [0.2, 0.25) is 5.02 Å². The Kier molecular flexibility index (Phi) is 5.63. The van der Waals surface area contributed by atoms with Gasteiger partial charge in [0.25, 0.3) is 0 Å². The lowest BCUT2D eigenvalue weighted by Gasteiger charge is -2.17. The van der Waals surface area contributed by atoms with Crippen LogP contribution in [-0.4, -0.2) is 51.7 Å². The van der Waals surface area contributed by atoms with Gasteiger partial charge in [0, 0.05) is 23.7 Å². The number of likely N-dealkylation sites (N-methyl/N-ethyl adjacent to an activating group) is 1. The Hall–Kier alpha value is -1.79. The highest BCUT2D eigenvalue weighted by atomic mass is 35.5. The molecule has 2 rings (SSSR count). The van der Waals surface area contributed by atoms with Crippen molar-refractivity contribution in [2.45, 2.75) is 12.5 Å². The quantitative estimate of drug-likeness (QED) is 0.707. The van der Waals surface area contributed by atoms with Crippen molar-refractivity contribution in [3.05, 3.63) is 29.3 Å². The Balaban J connectivity index is 1.84. The molecule has 1 aliphatic heterocycles. The summed E-state index contributed by atoms with van der Waals surface area (Å²) in [5.41, 5.74) is 0.801. The first-order valence-corrected chi connectivity index (χ1v) is 7.73. The number of nitrogens with zero attached hydrogens (tertiary/aromatic N) is 1. The summed E-state index contributed by atoms with van der Waals surface area (Å²) in [5.74, 6) is 0.00496. The van der Waals surface area contributed by atoms with E-state index in [1.807, 2.05) is 26.2 Å². The van der Waals surface area contributed by atoms with Crippen molar-refractivity contribution < 1.29 is 14.5 Å². The van der Waals surface area contributed by atoms with Crippen molar-refractivity contribution in [1.82, 2.24) is 10.6 Å². The molecule has 6 nitrogen and oxygen atoms in total. The average molecular weight is 326 g/mol. The lowest BCUT2D eigenvalue weighted by atomic mass is 10.2. The highest BCUT2D eigenvalue weighted by Crippen LogP contribution is 2.23. The molecule has 1 aromatic rings. The summed E-state index contributed by atoms with van der Waals surface area (Å²) in [6, 6.07) is 6.72. The summed E-state index contributed by atoms with van der Waals surface area (Å²) in [4.78, 5) is 26.8. The van der Waals surface area contributed by atoms with Gasteiger partial charge in [0.05, 0.1) is 33.2 Å². The summed E-state index contributed by atoms with van der Waals surface area (Å²) in [5, 5.41) is 6.28. The maximum Gasteiger partial charge on any atom is 0.315 e. The Bertz CT molecular complexity index is 533. The minimum absolute atomic E-state index is 0.00496. The number of benzene rings is 1. The average Bonchev–Trinajstić information content (AvgIpc) is 2.80. The number of carbonyl (C=O) groups is 2. The van der Waals surface area contributed by atoms with Gasteiger partial charge in [-0.25, -0.2) is 4.79 Å². The van der Waals surface area contributed by atoms with Gasteiger partial charge in [-0.2, -0.15) is 0 Å². The zero-order valence-corrected chi connectivity index (χ0v) is 13.6. The molecular weight excluding hydrogens is 304 g/mol. The number of hydrogen-bond acceptors (Lipinski definition) is 2. The van der Waals surface area contributed by atoms with Crippen molar-refractivity contribution >= 4 is 29.2 Å². The number of hydrogen-bond donors (Lipinski definition) is 3. The fourth-order valence-electron chi connectivity index (χ4n) is 2.34. The molecule has 1 saturated heterocycles. The summed E-state index contributed by atoms with van der Waals surface area (Å²) >= 11 is 5.85. The van der Waals surface area contributed by atoms with Gasteiger partial charge < -0.3 is 20.4 Å². The van der Waals surface area contributed by atoms with E-state index in [1.54, 1.807) is 17.0 Å². The van der Waals surface area contributed by atoms with Crippen LogP contribution >= 0.6 is 11.6 Å². The number of carbonyl (C=O) groups excluding carboxylic acids is 2. The van der Waals surface area contributed by atoms with E-state index in [0.717, 1.165) is 12.2 Å². The fraction of sp³-hybridized carbons (Fsp3) is 0.467. The molecular formula is C15H22ClN4O2+. The van der Waals surface area contributed by atoms with Gasteiger partial charge in [0.2, 0.25) is 5.91 Å². The topological polar surface area (TPSA) is 65.9 Å². The number of quaternary nitrogens is 1. The molecule has 0 spiro atoms. The van der Waals surface area contributed by atoms with E-state index in [2.05, 4.69) is 10.6 Å². The number of halogens is 1. The Morgan fingerprint density at radius 2 is 2.05 bits per heavy atom. The lowest BCUT2D eigenvalue weighted by Crippen LogP contribution is -3.06. The standard InChI is InChI=1S/C15H21ClN4O2/c1-19(2)8-7-17-15(22)18-12-9-14(21)20(10-12)13-5-3-11(16)4-6-13/h3-6,12H,7-10H2,1-2H3,(H2,17,18,22)/p+1/t12-/m0/s1. The smallest absolute Gasteiger partial charge is 0.315 e. The predicted molar refractivity (Wildman–Crippen MR) is 86.4 cm³/mol. The van der Waals surface area contributed by atoms with E-state index in [0.29, 0.717) is 24.5 Å². The Morgan fingerprint density at radius 3 is 2.68 bits per heavy atom. The van der Waals surface area contributed by atoms with Gasteiger partial charge in [0.1, 0.15) is 0 Å². The second-order valence-corrected chi connectivity index (χ2v) is 6.18. The molecule has 22 heavy (non-hydrogen) atoms. The number of nitrogens with one attached hydrogen (secondary N) is 3. The normalized spacial score (nSPS) is 17.9. The predicted octanol–water partition coefficient (Wildman–Crippen LogP) is -0.111. The van der Waals surface area contributed by atoms with Crippen molar-refractivity contribution in [3.8, 4) is 0 Å². The van der Waals surface area contributed by atoms with Crippen LogP contribution in [0.5, 0.6) is 0 Å². The lowest BCUT2D eigenvalue weighted by molar-refractivity contribution is -0.856. The molecule has 3 amide bonds. The molecule has 0 aliphatic carbocycles. The van der Waals surface area contributed by atoms with Crippen LogP contribution < -0.4 is 20.4 Å². The largest absolute Gasteiger partial charge is 0.338 e. The first kappa shape index (κ1) is 16.6. The summed E-state index contributed by atoms with van der Waals surface area (Å²) in [6.45, 7) is 1.94. The van der Waals surface area contributed by atoms with Crippen LogP contribution in [0.1, 0.15) is 6.42 Å². The summed E-state index contributed by atoms with van der Waals surface area (Å²) in [6.07, 6.45) is 0.314. The van der Waals surface area contributed by atoms with E-state index in [1.165, 1.54) is 4.90 Å². The molecule has 1 heterocycles. The highest BCUT2D eigenvalue weighted by molar-refractivity contribution is 6.30. The number of amides is 3. The first-order chi connectivity index (χ1) is 10.5. The molecule has 1 aromatic carbocycles. The van der Waals surface area contributed by atoms with Crippen LogP contribution in [0, 0.1) is 0 Å². The SMILES string of the molecule is C[NH+](C)CCNC(=O)N[C@H]1CC(=O)N(c2ccc(Cl)cc2)C1. The summed E-state index contributed by atoms with van der Waals surface area (Å²) < 4.78 is 0. The Labute approximate surface area is 135 Å². The molecule has 3 N–H and O–H groups in total. The zero-order valence-electron chi connectivity index (χ0n) is 12.9. The van der Waals surface area contributed by atoms with Crippen molar-refractivity contribution in [1.29, 1.82) is 0 Å². The van der Waals surface area contributed by atoms with Crippen LogP contribution in [0.4, 0.5) is 10.5 Å². The molecule has 120 valence electrons. The van der Waals surface area contributed by atoms with Gasteiger partial charge in [-0.3, -0.25) is 4.79 Å². The van der Waals surface area contributed by atoms with Crippen molar-refractivity contribution in [2.24, 2.45) is 0 Å². The molecule has 0 bridgehead atoms. The number of rotatable bonds is 5. The molecule has 0 aromatic heterocycles. The minimum atomic E-state index is -0.225. The third-order valence-electron chi connectivity index (χ3n) is 3.51. The molecule has 0 saturated carbocycles. The van der Waals surface area contributed by atoms with Crippen molar-refractivity contribution in [2.75, 3.05) is 38.6 Å². The van der Waals surface area contributed by atoms with E-state index < -0.39 is 0 Å². The van der Waals surface area contributed by atoms with E-state index in [4.69, 9.17) is 11.6 Å². The van der Waals surface area contributed by atoms with Crippen LogP contribution in [0.15, 0.2) is 24.3 Å². The van der Waals surface area contributed by atoms with Gasteiger partial charge in [0.15, 0.2) is 0 Å².